The lowest BCUT2D eigenvalue weighted by Gasteiger charge is -2.32. The van der Waals surface area contributed by atoms with Gasteiger partial charge in [-0.1, -0.05) is 0 Å². The fourth-order valence-electron chi connectivity index (χ4n) is 1.98. The van der Waals surface area contributed by atoms with E-state index in [1.165, 1.54) is 0 Å². The van der Waals surface area contributed by atoms with Gasteiger partial charge >= 0.3 is 6.09 Å². The summed E-state index contributed by atoms with van der Waals surface area (Å²) in [6, 6.07) is 1.95. The van der Waals surface area contributed by atoms with E-state index in [2.05, 4.69) is 14.9 Å². The molecule has 2 heterocycles. The van der Waals surface area contributed by atoms with Gasteiger partial charge < -0.3 is 15.4 Å². The minimum Gasteiger partial charge on any atom is -0.446 e. The van der Waals surface area contributed by atoms with Crippen molar-refractivity contribution in [2.24, 2.45) is 5.73 Å². The zero-order chi connectivity index (χ0) is 12.3. The Hall–Kier alpha value is -1.85. The molecule has 1 saturated heterocycles. The summed E-state index contributed by atoms with van der Waals surface area (Å²) in [7, 11) is 0. The highest BCUT2D eigenvalue weighted by Crippen LogP contribution is 2.19. The van der Waals surface area contributed by atoms with Gasteiger partial charge in [0.25, 0.3) is 0 Å². The van der Waals surface area contributed by atoms with Gasteiger partial charge in [-0.2, -0.15) is 0 Å². The van der Waals surface area contributed by atoms with Crippen molar-refractivity contribution < 1.29 is 9.53 Å². The topological polar surface area (TPSA) is 81.3 Å². The number of hydrogen-bond donors (Lipinski definition) is 1. The van der Waals surface area contributed by atoms with Gasteiger partial charge in [0, 0.05) is 37.7 Å². The number of anilines is 1. The molecule has 1 aliphatic heterocycles. The third kappa shape index (κ3) is 3.05. The van der Waals surface area contributed by atoms with Crippen LogP contribution in [0.2, 0.25) is 0 Å². The number of primary amides is 1. The molecule has 2 N–H and O–H groups in total. The second kappa shape index (κ2) is 4.99. The van der Waals surface area contributed by atoms with E-state index < -0.39 is 6.09 Å². The molecule has 17 heavy (non-hydrogen) atoms. The molecule has 6 heteroatoms. The van der Waals surface area contributed by atoms with Crippen molar-refractivity contribution in [2.45, 2.75) is 25.9 Å². The van der Waals surface area contributed by atoms with Crippen LogP contribution in [0.3, 0.4) is 0 Å². The first-order valence-electron chi connectivity index (χ1n) is 5.65. The molecular formula is C11H16N4O2. The maximum atomic E-state index is 10.6. The number of nitrogens with two attached hydrogens (primary N) is 1. The van der Waals surface area contributed by atoms with E-state index in [4.69, 9.17) is 10.5 Å². The third-order valence-corrected chi connectivity index (χ3v) is 2.84. The van der Waals surface area contributed by atoms with Crippen LogP contribution >= 0.6 is 0 Å². The lowest BCUT2D eigenvalue weighted by atomic mass is 10.1. The van der Waals surface area contributed by atoms with Gasteiger partial charge in [-0.25, -0.2) is 14.8 Å². The number of ether oxygens (including phenoxy) is 1. The molecule has 1 fully saturated rings. The summed E-state index contributed by atoms with van der Waals surface area (Å²) >= 11 is 0. The van der Waals surface area contributed by atoms with Crippen molar-refractivity contribution in [1.29, 1.82) is 0 Å². The van der Waals surface area contributed by atoms with Crippen LogP contribution in [0.25, 0.3) is 0 Å². The maximum Gasteiger partial charge on any atom is 0.404 e. The summed E-state index contributed by atoms with van der Waals surface area (Å²) in [5, 5.41) is 0. The number of aryl methyl sites for hydroxylation is 1. The van der Waals surface area contributed by atoms with Crippen LogP contribution in [0.1, 0.15) is 18.5 Å². The number of carbonyl (C=O) groups is 1. The van der Waals surface area contributed by atoms with Crippen molar-refractivity contribution >= 4 is 11.9 Å². The van der Waals surface area contributed by atoms with E-state index in [1.54, 1.807) is 6.33 Å². The highest BCUT2D eigenvalue weighted by Gasteiger charge is 2.22. The lowest BCUT2D eigenvalue weighted by Crippen LogP contribution is -2.39. The average molecular weight is 236 g/mol. The minimum absolute atomic E-state index is 0.0633. The van der Waals surface area contributed by atoms with Crippen LogP contribution in [0.15, 0.2) is 12.4 Å². The number of nitrogens with zero attached hydrogens (tertiary/aromatic N) is 3. The molecule has 0 aliphatic carbocycles. The van der Waals surface area contributed by atoms with Crippen molar-refractivity contribution in [3.8, 4) is 0 Å². The summed E-state index contributed by atoms with van der Waals surface area (Å²) in [5.41, 5.74) is 5.94. The number of aromatic nitrogens is 2. The SMILES string of the molecule is Cc1cc(N2CCC(OC(N)=O)CC2)ncn1. The highest BCUT2D eigenvalue weighted by molar-refractivity contribution is 5.64. The molecule has 0 bridgehead atoms. The molecule has 2 rings (SSSR count). The summed E-state index contributed by atoms with van der Waals surface area (Å²) in [6.07, 6.45) is 2.38. The molecule has 1 amide bonds. The van der Waals surface area contributed by atoms with Crippen molar-refractivity contribution in [3.63, 3.8) is 0 Å². The Morgan fingerprint density at radius 2 is 2.18 bits per heavy atom. The molecule has 1 aromatic heterocycles. The second-order valence-corrected chi connectivity index (χ2v) is 4.14. The van der Waals surface area contributed by atoms with E-state index in [1.807, 2.05) is 13.0 Å². The Kier molecular flexibility index (Phi) is 3.41. The zero-order valence-electron chi connectivity index (χ0n) is 9.80. The van der Waals surface area contributed by atoms with E-state index in [-0.39, 0.29) is 6.10 Å². The number of amides is 1. The average Bonchev–Trinajstić information content (AvgIpc) is 2.29. The summed E-state index contributed by atoms with van der Waals surface area (Å²) < 4.78 is 4.98. The predicted molar refractivity (Wildman–Crippen MR) is 62.7 cm³/mol. The monoisotopic (exact) mass is 236 g/mol. The van der Waals surface area contributed by atoms with Gasteiger partial charge in [0.15, 0.2) is 0 Å². The van der Waals surface area contributed by atoms with Gasteiger partial charge in [-0.15, -0.1) is 0 Å². The molecule has 6 nitrogen and oxygen atoms in total. The molecule has 0 spiro atoms. The fraction of sp³-hybridized carbons (Fsp3) is 0.545. The van der Waals surface area contributed by atoms with Gasteiger partial charge in [0.1, 0.15) is 18.2 Å². The van der Waals surface area contributed by atoms with Gasteiger partial charge in [-0.3, -0.25) is 0 Å². The zero-order valence-corrected chi connectivity index (χ0v) is 9.80. The molecule has 0 radical (unpaired) electrons. The Labute approximate surface area is 99.8 Å². The van der Waals surface area contributed by atoms with Crippen LogP contribution in [-0.4, -0.2) is 35.3 Å². The normalized spacial score (nSPS) is 16.9. The first kappa shape index (κ1) is 11.6. The number of piperidine rings is 1. The fourth-order valence-corrected chi connectivity index (χ4v) is 1.98. The van der Waals surface area contributed by atoms with Crippen LogP contribution in [-0.2, 0) is 4.74 Å². The van der Waals surface area contributed by atoms with Crippen LogP contribution in [0, 0.1) is 6.92 Å². The minimum atomic E-state index is -0.693. The molecule has 1 aromatic rings. The Balaban J connectivity index is 1.93. The molecule has 0 saturated carbocycles. The lowest BCUT2D eigenvalue weighted by molar-refractivity contribution is 0.0911. The van der Waals surface area contributed by atoms with Crippen LogP contribution in [0.4, 0.5) is 10.6 Å². The third-order valence-electron chi connectivity index (χ3n) is 2.84. The summed E-state index contributed by atoms with van der Waals surface area (Å²) in [5.74, 6) is 0.926. The Morgan fingerprint density at radius 3 is 2.76 bits per heavy atom. The quantitative estimate of drug-likeness (QED) is 0.823. The van der Waals surface area contributed by atoms with Crippen molar-refractivity contribution in [1.82, 2.24) is 9.97 Å². The van der Waals surface area contributed by atoms with Crippen molar-refractivity contribution in [2.75, 3.05) is 18.0 Å². The standard InChI is InChI=1S/C11H16N4O2/c1-8-6-10(14-7-13-8)15-4-2-9(3-5-15)17-11(12)16/h6-7,9H,2-5H2,1H3,(H2,12,16). The smallest absolute Gasteiger partial charge is 0.404 e. The van der Waals surface area contributed by atoms with Gasteiger partial charge in [0.05, 0.1) is 0 Å². The molecular weight excluding hydrogens is 220 g/mol. The van der Waals surface area contributed by atoms with E-state index in [0.717, 1.165) is 37.4 Å². The van der Waals surface area contributed by atoms with Crippen LogP contribution < -0.4 is 10.6 Å². The molecule has 0 atom stereocenters. The Morgan fingerprint density at radius 1 is 1.47 bits per heavy atom. The molecule has 0 unspecified atom stereocenters. The Bertz CT molecular complexity index is 402. The van der Waals surface area contributed by atoms with Gasteiger partial charge in [0.2, 0.25) is 0 Å². The molecule has 0 aromatic carbocycles. The largest absolute Gasteiger partial charge is 0.446 e. The first-order valence-corrected chi connectivity index (χ1v) is 5.65. The molecule has 92 valence electrons. The van der Waals surface area contributed by atoms with E-state index >= 15 is 0 Å². The van der Waals surface area contributed by atoms with E-state index in [0.29, 0.717) is 0 Å². The van der Waals surface area contributed by atoms with Gasteiger partial charge in [-0.05, 0) is 6.92 Å². The number of rotatable bonds is 2. The summed E-state index contributed by atoms with van der Waals surface area (Å²) in [4.78, 5) is 21.1. The number of carbonyl (C=O) groups excluding carboxylic acids is 1. The van der Waals surface area contributed by atoms with E-state index in [9.17, 15) is 4.79 Å². The summed E-state index contributed by atoms with van der Waals surface area (Å²) in [6.45, 7) is 3.57. The maximum absolute atomic E-state index is 10.6. The highest BCUT2D eigenvalue weighted by atomic mass is 16.6. The second-order valence-electron chi connectivity index (χ2n) is 4.14. The predicted octanol–water partition coefficient (Wildman–Crippen LogP) is 0.849. The molecule has 1 aliphatic rings. The van der Waals surface area contributed by atoms with Crippen molar-refractivity contribution in [3.05, 3.63) is 18.1 Å². The number of hydrogen-bond acceptors (Lipinski definition) is 5. The van der Waals surface area contributed by atoms with Crippen LogP contribution in [0.5, 0.6) is 0 Å². The first-order chi connectivity index (χ1) is 8.15.